The number of hydrogen-bond acceptors (Lipinski definition) is 5. The van der Waals surface area contributed by atoms with E-state index in [-0.39, 0.29) is 24.2 Å². The van der Waals surface area contributed by atoms with Gasteiger partial charge in [-0.2, -0.15) is 0 Å². The maximum Gasteiger partial charge on any atom is 0.326 e. The van der Waals surface area contributed by atoms with Crippen molar-refractivity contribution in [3.8, 4) is 11.3 Å². The summed E-state index contributed by atoms with van der Waals surface area (Å²) in [7, 11) is 0. The van der Waals surface area contributed by atoms with Gasteiger partial charge in [0.15, 0.2) is 12.0 Å². The van der Waals surface area contributed by atoms with Crippen molar-refractivity contribution in [1.29, 1.82) is 0 Å². The molecule has 0 radical (unpaired) electrons. The molecule has 0 aliphatic rings. The van der Waals surface area contributed by atoms with Gasteiger partial charge in [-0.05, 0) is 30.7 Å². The van der Waals surface area contributed by atoms with Gasteiger partial charge in [0, 0.05) is 17.5 Å². The Balaban J connectivity index is 2.07. The van der Waals surface area contributed by atoms with Crippen LogP contribution < -0.4 is 5.32 Å². The van der Waals surface area contributed by atoms with Gasteiger partial charge in [-0.15, -0.1) is 0 Å². The molecule has 0 spiro atoms. The van der Waals surface area contributed by atoms with E-state index in [9.17, 15) is 19.2 Å². The molecule has 2 rings (SSSR count). The summed E-state index contributed by atoms with van der Waals surface area (Å²) in [6.07, 6.45) is -0.00240. The number of benzene rings is 1. The highest BCUT2D eigenvalue weighted by molar-refractivity contribution is 5.97. The molecule has 8 heteroatoms. The molecule has 0 aliphatic carbocycles. The van der Waals surface area contributed by atoms with E-state index in [0.717, 1.165) is 0 Å². The third-order valence-corrected chi connectivity index (χ3v) is 3.42. The van der Waals surface area contributed by atoms with Crippen molar-refractivity contribution in [3.63, 3.8) is 0 Å². The maximum atomic E-state index is 12.1. The van der Waals surface area contributed by atoms with Gasteiger partial charge < -0.3 is 19.9 Å². The number of furan rings is 1. The van der Waals surface area contributed by atoms with Gasteiger partial charge in [0.25, 0.3) is 5.91 Å². The molecule has 0 aliphatic heterocycles. The first-order valence-corrected chi connectivity index (χ1v) is 7.31. The number of nitrogens with one attached hydrogen (secondary N) is 1. The highest BCUT2D eigenvalue weighted by Gasteiger charge is 2.21. The number of carboxylic acid groups (broad SMARTS) is 2. The lowest BCUT2D eigenvalue weighted by molar-refractivity contribution is -0.140. The zero-order chi connectivity index (χ0) is 18.4. The number of rotatable bonds is 8. The number of carbonyl (C=O) groups excluding carboxylic acids is 2. The fourth-order valence-corrected chi connectivity index (χ4v) is 2.12. The Bertz CT molecular complexity index is 792. The van der Waals surface area contributed by atoms with E-state index in [1.807, 2.05) is 0 Å². The molecule has 0 saturated carbocycles. The summed E-state index contributed by atoms with van der Waals surface area (Å²) in [4.78, 5) is 44.4. The van der Waals surface area contributed by atoms with Gasteiger partial charge in [-0.1, -0.05) is 12.1 Å². The molecule has 0 bridgehead atoms. The second-order valence-electron chi connectivity index (χ2n) is 5.19. The zero-order valence-corrected chi connectivity index (χ0v) is 13.0. The minimum absolute atomic E-state index is 0.180. The van der Waals surface area contributed by atoms with Crippen LogP contribution >= 0.6 is 0 Å². The van der Waals surface area contributed by atoms with Crippen molar-refractivity contribution in [1.82, 2.24) is 5.32 Å². The summed E-state index contributed by atoms with van der Waals surface area (Å²) < 4.78 is 5.27. The summed E-state index contributed by atoms with van der Waals surface area (Å²) in [6, 6.07) is 7.98. The quantitative estimate of drug-likeness (QED) is 0.621. The van der Waals surface area contributed by atoms with Crippen LogP contribution in [-0.4, -0.2) is 40.4 Å². The topological polar surface area (TPSA) is 134 Å². The molecule has 0 saturated heterocycles. The lowest BCUT2D eigenvalue weighted by atomic mass is 10.1. The maximum absolute atomic E-state index is 12.1. The number of carbonyl (C=O) groups is 4. The van der Waals surface area contributed by atoms with Crippen molar-refractivity contribution >= 4 is 24.1 Å². The van der Waals surface area contributed by atoms with Crippen LogP contribution in [0.4, 0.5) is 0 Å². The smallest absolute Gasteiger partial charge is 0.326 e. The van der Waals surface area contributed by atoms with Crippen LogP contribution in [0.2, 0.25) is 0 Å². The first-order chi connectivity index (χ1) is 11.9. The normalized spacial score (nSPS) is 11.5. The van der Waals surface area contributed by atoms with E-state index >= 15 is 0 Å². The fraction of sp³-hybridized carbons (Fsp3) is 0.176. The van der Waals surface area contributed by atoms with Crippen molar-refractivity contribution < 1.29 is 33.8 Å². The molecule has 1 amide bonds. The fourth-order valence-electron chi connectivity index (χ4n) is 2.12. The monoisotopic (exact) mass is 345 g/mol. The van der Waals surface area contributed by atoms with Crippen LogP contribution in [0.5, 0.6) is 0 Å². The molecule has 2 aromatic rings. The van der Waals surface area contributed by atoms with Gasteiger partial charge in [-0.3, -0.25) is 14.4 Å². The number of hydrogen-bond donors (Lipinski definition) is 3. The van der Waals surface area contributed by atoms with Crippen molar-refractivity contribution in [2.24, 2.45) is 0 Å². The molecule has 1 heterocycles. The summed E-state index contributed by atoms with van der Waals surface area (Å²) in [6.45, 7) is 0. The lowest BCUT2D eigenvalue weighted by Crippen LogP contribution is -2.41. The standard InChI is InChI=1S/C17H15NO7/c19-9-12-5-7-14(25-12)10-1-3-11(4-2-10)16(22)18-13(17(23)24)6-8-15(20)21/h1-5,7,9,13H,6,8H2,(H,18,22)(H,20,21)(H,23,24). The van der Waals surface area contributed by atoms with E-state index < -0.39 is 23.9 Å². The zero-order valence-electron chi connectivity index (χ0n) is 13.0. The van der Waals surface area contributed by atoms with Crippen molar-refractivity contribution in [3.05, 3.63) is 47.7 Å². The second-order valence-corrected chi connectivity index (χ2v) is 5.19. The first kappa shape index (κ1) is 17.9. The molecule has 8 nitrogen and oxygen atoms in total. The molecule has 1 aromatic carbocycles. The van der Waals surface area contributed by atoms with Crippen LogP contribution in [0.1, 0.15) is 33.8 Å². The molecule has 3 N–H and O–H groups in total. The summed E-state index contributed by atoms with van der Waals surface area (Å²) in [5.74, 6) is -2.43. The van der Waals surface area contributed by atoms with Gasteiger partial charge in [0.1, 0.15) is 11.8 Å². The summed E-state index contributed by atoms with van der Waals surface area (Å²) in [5, 5.41) is 20.0. The highest BCUT2D eigenvalue weighted by Crippen LogP contribution is 2.22. The first-order valence-electron chi connectivity index (χ1n) is 7.31. The van der Waals surface area contributed by atoms with Crippen LogP contribution in [0, 0.1) is 0 Å². The Kier molecular flexibility index (Phi) is 5.67. The lowest BCUT2D eigenvalue weighted by Gasteiger charge is -2.13. The molecule has 1 atom stereocenters. The number of amides is 1. The molecule has 25 heavy (non-hydrogen) atoms. The SMILES string of the molecule is O=Cc1ccc(-c2ccc(C(=O)NC(CCC(=O)O)C(=O)O)cc2)o1. The Hall–Kier alpha value is -3.42. The molecule has 1 unspecified atom stereocenters. The van der Waals surface area contributed by atoms with E-state index in [4.69, 9.17) is 14.6 Å². The number of carboxylic acids is 2. The minimum atomic E-state index is -1.30. The molecule has 130 valence electrons. The summed E-state index contributed by atoms with van der Waals surface area (Å²) >= 11 is 0. The van der Waals surface area contributed by atoms with Gasteiger partial charge in [-0.25, -0.2) is 4.79 Å². The third-order valence-electron chi connectivity index (χ3n) is 3.42. The average molecular weight is 345 g/mol. The van der Waals surface area contributed by atoms with Crippen molar-refractivity contribution in [2.75, 3.05) is 0 Å². The molecular weight excluding hydrogens is 330 g/mol. The van der Waals surface area contributed by atoms with Gasteiger partial charge in [0.2, 0.25) is 0 Å². The largest absolute Gasteiger partial charge is 0.481 e. The predicted molar refractivity (Wildman–Crippen MR) is 85.3 cm³/mol. The number of aldehydes is 1. The Labute approximate surface area is 142 Å². The van der Waals surface area contributed by atoms with Crippen LogP contribution in [-0.2, 0) is 9.59 Å². The summed E-state index contributed by atoms with van der Waals surface area (Å²) in [5.41, 5.74) is 0.859. The van der Waals surface area contributed by atoms with Crippen molar-refractivity contribution in [2.45, 2.75) is 18.9 Å². The Morgan fingerprint density at radius 1 is 1.08 bits per heavy atom. The highest BCUT2D eigenvalue weighted by atomic mass is 16.4. The van der Waals surface area contributed by atoms with Crippen LogP contribution in [0.3, 0.4) is 0 Å². The van der Waals surface area contributed by atoms with Crippen LogP contribution in [0.15, 0.2) is 40.8 Å². The van der Waals surface area contributed by atoms with E-state index in [2.05, 4.69) is 5.32 Å². The van der Waals surface area contributed by atoms with E-state index in [1.54, 1.807) is 18.2 Å². The van der Waals surface area contributed by atoms with Crippen LogP contribution in [0.25, 0.3) is 11.3 Å². The van der Waals surface area contributed by atoms with E-state index in [1.165, 1.54) is 18.2 Å². The Morgan fingerprint density at radius 2 is 1.76 bits per heavy atom. The van der Waals surface area contributed by atoms with Gasteiger partial charge >= 0.3 is 11.9 Å². The minimum Gasteiger partial charge on any atom is -0.481 e. The number of aliphatic carboxylic acids is 2. The predicted octanol–water partition coefficient (Wildman–Crippen LogP) is 1.81. The molecular formula is C17H15NO7. The second kappa shape index (κ2) is 7.91. The molecule has 1 aromatic heterocycles. The van der Waals surface area contributed by atoms with E-state index in [0.29, 0.717) is 17.6 Å². The average Bonchev–Trinajstić information content (AvgIpc) is 3.07. The third kappa shape index (κ3) is 4.77. The van der Waals surface area contributed by atoms with Gasteiger partial charge in [0.05, 0.1) is 0 Å². The molecule has 0 fully saturated rings. The Morgan fingerprint density at radius 3 is 2.28 bits per heavy atom.